The number of para-hydroxylation sites is 2. The Morgan fingerprint density at radius 3 is 2.58 bits per heavy atom. The third-order valence-electron chi connectivity index (χ3n) is 5.52. The first-order valence-corrected chi connectivity index (χ1v) is 10.6. The molecular weight excluding hydrogens is 421 g/mol. The second kappa shape index (κ2) is 9.96. The van der Waals surface area contributed by atoms with Crippen molar-refractivity contribution in [3.63, 3.8) is 0 Å². The highest BCUT2D eigenvalue weighted by Crippen LogP contribution is 2.28. The molecule has 1 atom stereocenters. The van der Waals surface area contributed by atoms with E-state index < -0.39 is 11.7 Å². The number of anilines is 2. The second-order valence-electron chi connectivity index (χ2n) is 7.77. The average molecular weight is 443 g/mol. The van der Waals surface area contributed by atoms with Crippen LogP contribution in [0, 0.1) is 23.1 Å². The molecule has 0 spiro atoms. The molecule has 0 aromatic heterocycles. The maximum absolute atomic E-state index is 14.1. The summed E-state index contributed by atoms with van der Waals surface area (Å²) in [6, 6.07) is 22.7. The van der Waals surface area contributed by atoms with E-state index in [9.17, 15) is 14.0 Å². The third kappa shape index (κ3) is 5.18. The van der Waals surface area contributed by atoms with Gasteiger partial charge in [-0.1, -0.05) is 42.5 Å². The number of carbonyl (C=O) groups is 2. The number of nitriles is 1. The molecule has 0 bridgehead atoms. The molecular formula is C26H22FN3O3. The molecule has 0 saturated carbocycles. The minimum atomic E-state index is -0.584. The molecule has 2 amide bonds. The van der Waals surface area contributed by atoms with Crippen molar-refractivity contribution in [3.05, 3.63) is 89.7 Å². The van der Waals surface area contributed by atoms with Crippen LogP contribution >= 0.6 is 0 Å². The van der Waals surface area contributed by atoms with Crippen LogP contribution in [0.15, 0.2) is 72.8 Å². The molecule has 0 aliphatic carbocycles. The first kappa shape index (κ1) is 22.0. The lowest BCUT2D eigenvalue weighted by Crippen LogP contribution is -2.29. The van der Waals surface area contributed by atoms with Crippen LogP contribution in [0.2, 0.25) is 0 Å². The largest absolute Gasteiger partial charge is 0.489 e. The minimum Gasteiger partial charge on any atom is -0.489 e. The Bertz CT molecular complexity index is 1200. The van der Waals surface area contributed by atoms with Crippen molar-refractivity contribution < 1.29 is 18.7 Å². The summed E-state index contributed by atoms with van der Waals surface area (Å²) in [4.78, 5) is 26.6. The Kier molecular flexibility index (Phi) is 6.65. The molecule has 0 radical (unpaired) electrons. The summed E-state index contributed by atoms with van der Waals surface area (Å²) >= 11 is 0. The number of amides is 2. The molecule has 3 aromatic carbocycles. The summed E-state index contributed by atoms with van der Waals surface area (Å²) in [6.45, 7) is 0.359. The molecule has 1 saturated heterocycles. The first-order chi connectivity index (χ1) is 16.0. The molecule has 1 unspecified atom stereocenters. The standard InChI is InChI=1S/C26H22FN3O3/c27-22-6-2-4-8-24(22)30-16-20(15-25(30)31)26(32)29-23-7-3-1-5-19(23)17-33-21-11-9-18(10-12-21)13-14-28/h1-12,20H,13,15-17H2,(H,29,32). The van der Waals surface area contributed by atoms with Gasteiger partial charge in [0.1, 0.15) is 18.2 Å². The van der Waals surface area contributed by atoms with Gasteiger partial charge in [-0.2, -0.15) is 5.26 Å². The minimum absolute atomic E-state index is 0.0217. The van der Waals surface area contributed by atoms with Gasteiger partial charge in [-0.3, -0.25) is 9.59 Å². The molecule has 7 heteroatoms. The van der Waals surface area contributed by atoms with Crippen LogP contribution in [-0.4, -0.2) is 18.4 Å². The number of benzene rings is 3. The van der Waals surface area contributed by atoms with Gasteiger partial charge in [0.2, 0.25) is 11.8 Å². The van der Waals surface area contributed by atoms with E-state index in [0.717, 1.165) is 11.1 Å². The second-order valence-corrected chi connectivity index (χ2v) is 7.77. The fraction of sp³-hybridized carbons (Fsp3) is 0.192. The summed E-state index contributed by atoms with van der Waals surface area (Å²) in [7, 11) is 0. The summed E-state index contributed by atoms with van der Waals surface area (Å²) < 4.78 is 19.9. The van der Waals surface area contributed by atoms with Gasteiger partial charge in [0.05, 0.1) is 24.1 Å². The van der Waals surface area contributed by atoms with E-state index in [4.69, 9.17) is 10.00 Å². The molecule has 1 heterocycles. The smallest absolute Gasteiger partial charge is 0.229 e. The quantitative estimate of drug-likeness (QED) is 0.584. The number of halogens is 1. The molecule has 4 rings (SSSR count). The van der Waals surface area contributed by atoms with E-state index in [0.29, 0.717) is 17.9 Å². The molecule has 33 heavy (non-hydrogen) atoms. The Labute approximate surface area is 191 Å². The molecule has 3 aromatic rings. The Morgan fingerprint density at radius 1 is 1.09 bits per heavy atom. The monoisotopic (exact) mass is 443 g/mol. The van der Waals surface area contributed by atoms with Gasteiger partial charge in [0.15, 0.2) is 0 Å². The van der Waals surface area contributed by atoms with Gasteiger partial charge in [-0.25, -0.2) is 4.39 Å². The fourth-order valence-corrected chi connectivity index (χ4v) is 3.75. The van der Waals surface area contributed by atoms with Crippen LogP contribution in [0.1, 0.15) is 17.5 Å². The van der Waals surface area contributed by atoms with Crippen molar-refractivity contribution in [2.45, 2.75) is 19.4 Å². The Morgan fingerprint density at radius 2 is 1.82 bits per heavy atom. The Hall–Kier alpha value is -4.18. The number of nitrogens with one attached hydrogen (secondary N) is 1. The first-order valence-electron chi connectivity index (χ1n) is 10.6. The van der Waals surface area contributed by atoms with Crippen molar-refractivity contribution in [2.75, 3.05) is 16.8 Å². The number of nitrogens with zero attached hydrogens (tertiary/aromatic N) is 2. The maximum Gasteiger partial charge on any atom is 0.229 e. The highest BCUT2D eigenvalue weighted by atomic mass is 19.1. The van der Waals surface area contributed by atoms with E-state index in [2.05, 4.69) is 11.4 Å². The number of hydrogen-bond donors (Lipinski definition) is 1. The van der Waals surface area contributed by atoms with E-state index in [1.54, 1.807) is 36.4 Å². The molecule has 1 aliphatic heterocycles. The topological polar surface area (TPSA) is 82.4 Å². The fourth-order valence-electron chi connectivity index (χ4n) is 3.75. The van der Waals surface area contributed by atoms with Crippen LogP contribution in [0.5, 0.6) is 5.75 Å². The van der Waals surface area contributed by atoms with Gasteiger partial charge >= 0.3 is 0 Å². The van der Waals surface area contributed by atoms with Gasteiger partial charge < -0.3 is 15.0 Å². The van der Waals surface area contributed by atoms with Crippen molar-refractivity contribution in [2.24, 2.45) is 5.92 Å². The number of rotatable bonds is 7. The van der Waals surface area contributed by atoms with Gasteiger partial charge in [-0.15, -0.1) is 0 Å². The van der Waals surface area contributed by atoms with Crippen LogP contribution in [0.3, 0.4) is 0 Å². The molecule has 1 aliphatic rings. The average Bonchev–Trinajstić information content (AvgIpc) is 3.21. The van der Waals surface area contributed by atoms with Gasteiger partial charge in [0.25, 0.3) is 0 Å². The number of ether oxygens (including phenoxy) is 1. The molecule has 166 valence electrons. The lowest BCUT2D eigenvalue weighted by molar-refractivity contribution is -0.122. The number of carbonyl (C=O) groups excluding carboxylic acids is 2. The molecule has 6 nitrogen and oxygen atoms in total. The molecule has 1 fully saturated rings. The van der Waals surface area contributed by atoms with Gasteiger partial charge in [-0.05, 0) is 35.9 Å². The predicted molar refractivity (Wildman–Crippen MR) is 122 cm³/mol. The van der Waals surface area contributed by atoms with E-state index in [1.807, 2.05) is 24.3 Å². The van der Waals surface area contributed by atoms with Crippen LogP contribution in [0.4, 0.5) is 15.8 Å². The maximum atomic E-state index is 14.1. The zero-order valence-electron chi connectivity index (χ0n) is 17.8. The molecule has 1 N–H and O–H groups in total. The summed E-state index contributed by atoms with van der Waals surface area (Å²) in [5.74, 6) is -0.999. The van der Waals surface area contributed by atoms with Crippen LogP contribution in [-0.2, 0) is 22.6 Å². The van der Waals surface area contributed by atoms with Crippen molar-refractivity contribution in [1.82, 2.24) is 0 Å². The zero-order chi connectivity index (χ0) is 23.2. The van der Waals surface area contributed by atoms with Crippen LogP contribution in [0.25, 0.3) is 0 Å². The van der Waals surface area contributed by atoms with E-state index >= 15 is 0 Å². The predicted octanol–water partition coefficient (Wildman–Crippen LogP) is 4.46. The lowest BCUT2D eigenvalue weighted by Gasteiger charge is -2.18. The van der Waals surface area contributed by atoms with Crippen molar-refractivity contribution in [1.29, 1.82) is 5.26 Å². The highest BCUT2D eigenvalue weighted by molar-refractivity contribution is 6.03. The van der Waals surface area contributed by atoms with Crippen LogP contribution < -0.4 is 15.0 Å². The summed E-state index contributed by atoms with van der Waals surface area (Å²) in [5.41, 5.74) is 2.48. The van der Waals surface area contributed by atoms with Crippen molar-refractivity contribution in [3.8, 4) is 11.8 Å². The highest BCUT2D eigenvalue weighted by Gasteiger charge is 2.36. The normalized spacial score (nSPS) is 15.2. The summed E-state index contributed by atoms with van der Waals surface area (Å²) in [5, 5.41) is 11.7. The van der Waals surface area contributed by atoms with E-state index in [1.165, 1.54) is 17.0 Å². The Balaban J connectivity index is 1.40. The summed E-state index contributed by atoms with van der Waals surface area (Å²) in [6.07, 6.45) is 0.362. The SMILES string of the molecule is N#CCc1ccc(OCc2ccccc2NC(=O)C2CC(=O)N(c3ccccc3F)C2)cc1. The lowest BCUT2D eigenvalue weighted by atomic mass is 10.1. The van der Waals surface area contributed by atoms with Crippen molar-refractivity contribution >= 4 is 23.2 Å². The number of hydrogen-bond acceptors (Lipinski definition) is 4. The third-order valence-corrected chi connectivity index (χ3v) is 5.52. The van der Waals surface area contributed by atoms with Gasteiger partial charge in [0, 0.05) is 24.2 Å². The van der Waals surface area contributed by atoms with E-state index in [-0.39, 0.29) is 37.1 Å². The zero-order valence-corrected chi connectivity index (χ0v) is 17.8.